The fourth-order valence-electron chi connectivity index (χ4n) is 2.92. The molecule has 3 heteroatoms. The molecular weight excluding hydrogens is 258 g/mol. The molecule has 2 aromatic rings. The number of aromatic nitrogens is 2. The minimum absolute atomic E-state index is 0.230. The first-order valence-corrected chi connectivity index (χ1v) is 7.55. The van der Waals surface area contributed by atoms with E-state index in [4.69, 9.17) is 5.26 Å². The van der Waals surface area contributed by atoms with E-state index >= 15 is 0 Å². The SMILES string of the molecule is Cc1ccc(-c2cnc([C@H]3CC[C@H](C#N)CC3)nc2)cc1. The molecule has 0 radical (unpaired) electrons. The van der Waals surface area contributed by atoms with Crippen LogP contribution in [0.5, 0.6) is 0 Å². The summed E-state index contributed by atoms with van der Waals surface area (Å²) in [5.41, 5.74) is 3.47. The summed E-state index contributed by atoms with van der Waals surface area (Å²) >= 11 is 0. The minimum atomic E-state index is 0.230. The second-order valence-electron chi connectivity index (χ2n) is 5.87. The molecule has 1 aliphatic rings. The van der Waals surface area contributed by atoms with Crippen LogP contribution in [-0.2, 0) is 0 Å². The zero-order valence-electron chi connectivity index (χ0n) is 12.3. The first-order chi connectivity index (χ1) is 10.3. The molecule has 0 amide bonds. The summed E-state index contributed by atoms with van der Waals surface area (Å²) in [4.78, 5) is 9.12. The number of aryl methyl sites for hydroxylation is 1. The molecule has 0 unspecified atom stereocenters. The fraction of sp³-hybridized carbons (Fsp3) is 0.389. The predicted molar refractivity (Wildman–Crippen MR) is 82.5 cm³/mol. The zero-order chi connectivity index (χ0) is 14.7. The van der Waals surface area contributed by atoms with Crippen LogP contribution in [0.3, 0.4) is 0 Å². The highest BCUT2D eigenvalue weighted by molar-refractivity contribution is 5.61. The van der Waals surface area contributed by atoms with Gasteiger partial charge in [-0.05, 0) is 38.2 Å². The van der Waals surface area contributed by atoms with Crippen molar-refractivity contribution in [2.75, 3.05) is 0 Å². The maximum Gasteiger partial charge on any atom is 0.131 e. The van der Waals surface area contributed by atoms with Crippen LogP contribution in [0.15, 0.2) is 36.7 Å². The third kappa shape index (κ3) is 3.11. The quantitative estimate of drug-likeness (QED) is 0.824. The van der Waals surface area contributed by atoms with Crippen molar-refractivity contribution < 1.29 is 0 Å². The largest absolute Gasteiger partial charge is 0.240 e. The first-order valence-electron chi connectivity index (χ1n) is 7.55. The molecule has 1 aliphatic carbocycles. The summed E-state index contributed by atoms with van der Waals surface area (Å²) in [7, 11) is 0. The minimum Gasteiger partial charge on any atom is -0.240 e. The van der Waals surface area contributed by atoms with Crippen LogP contribution in [0.1, 0.15) is 43.0 Å². The number of nitriles is 1. The molecule has 3 rings (SSSR count). The summed E-state index contributed by atoms with van der Waals surface area (Å²) in [6.45, 7) is 2.08. The summed E-state index contributed by atoms with van der Waals surface area (Å²) in [6.07, 6.45) is 7.85. The second kappa shape index (κ2) is 6.05. The fourth-order valence-corrected chi connectivity index (χ4v) is 2.92. The van der Waals surface area contributed by atoms with Crippen LogP contribution in [0.25, 0.3) is 11.1 Å². The van der Waals surface area contributed by atoms with Gasteiger partial charge in [0.15, 0.2) is 0 Å². The van der Waals surface area contributed by atoms with E-state index in [0.29, 0.717) is 5.92 Å². The third-order valence-electron chi connectivity index (χ3n) is 4.33. The van der Waals surface area contributed by atoms with Gasteiger partial charge >= 0.3 is 0 Å². The van der Waals surface area contributed by atoms with Crippen molar-refractivity contribution in [3.63, 3.8) is 0 Å². The maximum atomic E-state index is 8.95. The predicted octanol–water partition coefficient (Wildman–Crippen LogP) is 4.25. The van der Waals surface area contributed by atoms with E-state index < -0.39 is 0 Å². The Hall–Kier alpha value is -2.21. The average Bonchev–Trinajstić information content (AvgIpc) is 2.56. The Morgan fingerprint density at radius 3 is 2.14 bits per heavy atom. The number of nitrogens with zero attached hydrogens (tertiary/aromatic N) is 3. The van der Waals surface area contributed by atoms with Gasteiger partial charge in [0.1, 0.15) is 5.82 Å². The normalized spacial score (nSPS) is 21.7. The Morgan fingerprint density at radius 1 is 0.952 bits per heavy atom. The molecule has 1 fully saturated rings. The summed E-state index contributed by atoms with van der Waals surface area (Å²) < 4.78 is 0. The topological polar surface area (TPSA) is 49.6 Å². The molecule has 3 nitrogen and oxygen atoms in total. The molecule has 1 aromatic carbocycles. The molecule has 1 aromatic heterocycles. The molecule has 1 heterocycles. The van der Waals surface area contributed by atoms with Crippen molar-refractivity contribution in [2.45, 2.75) is 38.5 Å². The Kier molecular flexibility index (Phi) is 3.96. The average molecular weight is 277 g/mol. The van der Waals surface area contributed by atoms with Gasteiger partial charge < -0.3 is 0 Å². The van der Waals surface area contributed by atoms with Gasteiger partial charge in [-0.1, -0.05) is 29.8 Å². The Balaban J connectivity index is 1.73. The molecule has 0 aliphatic heterocycles. The van der Waals surface area contributed by atoms with Gasteiger partial charge in [-0.3, -0.25) is 0 Å². The molecule has 1 saturated carbocycles. The van der Waals surface area contributed by atoms with Gasteiger partial charge in [-0.2, -0.15) is 5.26 Å². The third-order valence-corrected chi connectivity index (χ3v) is 4.33. The lowest BCUT2D eigenvalue weighted by molar-refractivity contribution is 0.372. The van der Waals surface area contributed by atoms with Crippen molar-refractivity contribution in [1.82, 2.24) is 9.97 Å². The van der Waals surface area contributed by atoms with Crippen LogP contribution in [0, 0.1) is 24.2 Å². The lowest BCUT2D eigenvalue weighted by Crippen LogP contribution is -2.14. The van der Waals surface area contributed by atoms with E-state index in [-0.39, 0.29) is 5.92 Å². The van der Waals surface area contributed by atoms with Crippen molar-refractivity contribution in [3.8, 4) is 17.2 Å². The molecule has 21 heavy (non-hydrogen) atoms. The van der Waals surface area contributed by atoms with Crippen molar-refractivity contribution >= 4 is 0 Å². The summed E-state index contributed by atoms with van der Waals surface area (Å²) in [5, 5.41) is 8.95. The summed E-state index contributed by atoms with van der Waals surface area (Å²) in [6, 6.07) is 10.8. The van der Waals surface area contributed by atoms with Crippen LogP contribution >= 0.6 is 0 Å². The smallest absolute Gasteiger partial charge is 0.131 e. The highest BCUT2D eigenvalue weighted by Gasteiger charge is 2.23. The highest BCUT2D eigenvalue weighted by Crippen LogP contribution is 2.34. The molecular formula is C18H19N3. The lowest BCUT2D eigenvalue weighted by Gasteiger charge is -2.23. The number of hydrogen-bond acceptors (Lipinski definition) is 3. The number of hydrogen-bond donors (Lipinski definition) is 0. The highest BCUT2D eigenvalue weighted by atomic mass is 14.9. The van der Waals surface area contributed by atoms with E-state index in [1.54, 1.807) is 0 Å². The van der Waals surface area contributed by atoms with Crippen molar-refractivity contribution in [2.24, 2.45) is 5.92 Å². The van der Waals surface area contributed by atoms with Crippen LogP contribution < -0.4 is 0 Å². The van der Waals surface area contributed by atoms with Gasteiger partial charge in [0.25, 0.3) is 0 Å². The monoisotopic (exact) mass is 277 g/mol. The van der Waals surface area contributed by atoms with Gasteiger partial charge in [0, 0.05) is 29.8 Å². The number of benzene rings is 1. The van der Waals surface area contributed by atoms with Crippen LogP contribution in [0.4, 0.5) is 0 Å². The number of rotatable bonds is 2. The van der Waals surface area contributed by atoms with Crippen molar-refractivity contribution in [3.05, 3.63) is 48.0 Å². The molecule has 0 bridgehead atoms. The van der Waals surface area contributed by atoms with Gasteiger partial charge in [-0.15, -0.1) is 0 Å². The molecule has 0 atom stereocenters. The van der Waals surface area contributed by atoms with Crippen LogP contribution in [-0.4, -0.2) is 9.97 Å². The lowest BCUT2D eigenvalue weighted by atomic mass is 9.82. The zero-order valence-corrected chi connectivity index (χ0v) is 12.3. The first kappa shape index (κ1) is 13.8. The van der Waals surface area contributed by atoms with Gasteiger partial charge in [0.2, 0.25) is 0 Å². The van der Waals surface area contributed by atoms with Gasteiger partial charge in [-0.25, -0.2) is 9.97 Å². The Labute approximate surface area is 125 Å². The standard InChI is InChI=1S/C18H19N3/c1-13-2-6-15(7-3-13)17-11-20-18(21-12-17)16-8-4-14(10-19)5-9-16/h2-3,6-7,11-12,14,16H,4-5,8-9H2,1H3/t14-,16-. The Bertz CT molecular complexity index is 630. The van der Waals surface area contributed by atoms with Gasteiger partial charge in [0.05, 0.1) is 6.07 Å². The van der Waals surface area contributed by atoms with Crippen LogP contribution in [0.2, 0.25) is 0 Å². The Morgan fingerprint density at radius 2 is 1.57 bits per heavy atom. The summed E-state index contributed by atoms with van der Waals surface area (Å²) in [5.74, 6) is 1.58. The molecule has 0 spiro atoms. The molecule has 106 valence electrons. The molecule has 0 N–H and O–H groups in total. The van der Waals surface area contributed by atoms with E-state index in [0.717, 1.165) is 42.6 Å². The maximum absolute atomic E-state index is 8.95. The van der Waals surface area contributed by atoms with E-state index in [2.05, 4.69) is 47.2 Å². The molecule has 0 saturated heterocycles. The van der Waals surface area contributed by atoms with E-state index in [1.807, 2.05) is 12.4 Å². The van der Waals surface area contributed by atoms with Crippen molar-refractivity contribution in [1.29, 1.82) is 5.26 Å². The van der Waals surface area contributed by atoms with E-state index in [1.165, 1.54) is 5.56 Å². The second-order valence-corrected chi connectivity index (χ2v) is 5.87. The van der Waals surface area contributed by atoms with E-state index in [9.17, 15) is 0 Å².